The first kappa shape index (κ1) is 16.5. The number of benzene rings is 3. The molecule has 0 bridgehead atoms. The van der Waals surface area contributed by atoms with E-state index in [9.17, 15) is 9.59 Å². The van der Waals surface area contributed by atoms with Gasteiger partial charge in [0.2, 0.25) is 0 Å². The number of rotatable bonds is 4. The Morgan fingerprint density at radius 1 is 0.640 bits per heavy atom. The van der Waals surface area contributed by atoms with Gasteiger partial charge in [-0.25, -0.2) is 9.59 Å². The highest BCUT2D eigenvalue weighted by Gasteiger charge is 2.12. The second-order valence-electron chi connectivity index (χ2n) is 5.43. The zero-order valence-corrected chi connectivity index (χ0v) is 13.6. The molecule has 0 aliphatic rings. The van der Waals surface area contributed by atoms with E-state index in [2.05, 4.69) is 0 Å². The van der Waals surface area contributed by atoms with Crippen LogP contribution in [0.2, 0.25) is 0 Å². The second-order valence-corrected chi connectivity index (χ2v) is 5.43. The molecule has 4 nitrogen and oxygen atoms in total. The van der Waals surface area contributed by atoms with Gasteiger partial charge < -0.3 is 9.47 Å². The van der Waals surface area contributed by atoms with E-state index >= 15 is 0 Å². The molecule has 0 radical (unpaired) electrons. The van der Waals surface area contributed by atoms with Crippen LogP contribution >= 0.6 is 0 Å². The van der Waals surface area contributed by atoms with Gasteiger partial charge in [-0.2, -0.15) is 0 Å². The molecular formula is C21H16O4. The SMILES string of the molecule is Cc1ccccc1C(=O)Oc1ccc(OC(=O)c2ccccc2)cc1. The van der Waals surface area contributed by atoms with E-state index in [1.807, 2.05) is 25.1 Å². The smallest absolute Gasteiger partial charge is 0.343 e. The quantitative estimate of drug-likeness (QED) is 0.524. The Morgan fingerprint density at radius 2 is 1.16 bits per heavy atom. The molecule has 0 spiro atoms. The fourth-order valence-electron chi connectivity index (χ4n) is 2.28. The number of carbonyl (C=O) groups is 2. The monoisotopic (exact) mass is 332 g/mol. The Bertz CT molecular complexity index is 883. The Labute approximate surface area is 145 Å². The summed E-state index contributed by atoms with van der Waals surface area (Å²) in [6, 6.07) is 22.3. The third-order valence-corrected chi connectivity index (χ3v) is 3.62. The van der Waals surface area contributed by atoms with Crippen LogP contribution in [0.4, 0.5) is 0 Å². The summed E-state index contributed by atoms with van der Waals surface area (Å²) in [5, 5.41) is 0. The van der Waals surface area contributed by atoms with Crippen molar-refractivity contribution in [2.75, 3.05) is 0 Å². The molecule has 0 atom stereocenters. The summed E-state index contributed by atoms with van der Waals surface area (Å²) in [7, 11) is 0. The van der Waals surface area contributed by atoms with Crippen LogP contribution in [-0.4, -0.2) is 11.9 Å². The van der Waals surface area contributed by atoms with E-state index < -0.39 is 11.9 Å². The maximum atomic E-state index is 12.2. The summed E-state index contributed by atoms with van der Waals surface area (Å²) >= 11 is 0. The van der Waals surface area contributed by atoms with E-state index in [-0.39, 0.29) is 0 Å². The van der Waals surface area contributed by atoms with Crippen LogP contribution in [0, 0.1) is 6.92 Å². The molecule has 3 aromatic carbocycles. The van der Waals surface area contributed by atoms with E-state index in [1.165, 1.54) is 0 Å². The molecule has 0 N–H and O–H groups in total. The summed E-state index contributed by atoms with van der Waals surface area (Å²) < 4.78 is 10.6. The third kappa shape index (κ3) is 4.12. The van der Waals surface area contributed by atoms with Crippen molar-refractivity contribution >= 4 is 11.9 Å². The molecule has 124 valence electrons. The van der Waals surface area contributed by atoms with Crippen molar-refractivity contribution in [3.8, 4) is 11.5 Å². The van der Waals surface area contributed by atoms with Crippen molar-refractivity contribution in [3.05, 3.63) is 95.6 Å². The molecule has 0 amide bonds. The molecule has 0 heterocycles. The lowest BCUT2D eigenvalue weighted by atomic mass is 10.1. The predicted molar refractivity (Wildman–Crippen MR) is 94.0 cm³/mol. The normalized spacial score (nSPS) is 10.1. The molecule has 25 heavy (non-hydrogen) atoms. The van der Waals surface area contributed by atoms with Crippen molar-refractivity contribution in [2.24, 2.45) is 0 Å². The third-order valence-electron chi connectivity index (χ3n) is 3.62. The van der Waals surface area contributed by atoms with E-state index in [4.69, 9.17) is 9.47 Å². The Kier molecular flexibility index (Phi) is 4.90. The average Bonchev–Trinajstić information content (AvgIpc) is 2.64. The van der Waals surface area contributed by atoms with Crippen LogP contribution in [0.15, 0.2) is 78.9 Å². The summed E-state index contributed by atoms with van der Waals surface area (Å²) in [5.74, 6) is -0.102. The molecule has 0 saturated heterocycles. The molecule has 0 unspecified atom stereocenters. The van der Waals surface area contributed by atoms with Crippen molar-refractivity contribution in [3.63, 3.8) is 0 Å². The molecule has 0 fully saturated rings. The highest BCUT2D eigenvalue weighted by molar-refractivity contribution is 5.92. The summed E-state index contributed by atoms with van der Waals surface area (Å²) in [6.45, 7) is 1.85. The Hall–Kier alpha value is -3.40. The molecule has 4 heteroatoms. The van der Waals surface area contributed by atoms with Crippen LogP contribution in [0.3, 0.4) is 0 Å². The van der Waals surface area contributed by atoms with Crippen LogP contribution in [0.25, 0.3) is 0 Å². The lowest BCUT2D eigenvalue weighted by Gasteiger charge is -2.08. The van der Waals surface area contributed by atoms with E-state index in [1.54, 1.807) is 60.7 Å². The number of carbonyl (C=O) groups excluding carboxylic acids is 2. The molecule has 0 aromatic heterocycles. The first-order chi connectivity index (χ1) is 12.1. The van der Waals surface area contributed by atoms with E-state index in [0.717, 1.165) is 5.56 Å². The number of hydrogen-bond acceptors (Lipinski definition) is 4. The van der Waals surface area contributed by atoms with Gasteiger partial charge in [-0.3, -0.25) is 0 Å². The lowest BCUT2D eigenvalue weighted by molar-refractivity contribution is 0.0719. The average molecular weight is 332 g/mol. The molecule has 3 aromatic rings. The van der Waals surface area contributed by atoms with Crippen LogP contribution < -0.4 is 9.47 Å². The fraction of sp³-hybridized carbons (Fsp3) is 0.0476. The minimum atomic E-state index is -0.440. The zero-order chi connectivity index (χ0) is 17.6. The fourth-order valence-corrected chi connectivity index (χ4v) is 2.28. The van der Waals surface area contributed by atoms with E-state index in [0.29, 0.717) is 22.6 Å². The first-order valence-electron chi connectivity index (χ1n) is 7.78. The maximum absolute atomic E-state index is 12.2. The molecule has 0 aliphatic heterocycles. The van der Waals surface area contributed by atoms with Crippen LogP contribution in [0.5, 0.6) is 11.5 Å². The van der Waals surface area contributed by atoms with Gasteiger partial charge in [0.25, 0.3) is 0 Å². The Morgan fingerprint density at radius 3 is 1.76 bits per heavy atom. The Balaban J connectivity index is 1.65. The van der Waals surface area contributed by atoms with Gasteiger partial charge in [0, 0.05) is 0 Å². The first-order valence-corrected chi connectivity index (χ1v) is 7.78. The number of esters is 2. The number of hydrogen-bond donors (Lipinski definition) is 0. The second kappa shape index (κ2) is 7.45. The van der Waals surface area contributed by atoms with Gasteiger partial charge in [-0.15, -0.1) is 0 Å². The molecule has 0 saturated carbocycles. The van der Waals surface area contributed by atoms with Crippen molar-refractivity contribution in [1.29, 1.82) is 0 Å². The van der Waals surface area contributed by atoms with Crippen molar-refractivity contribution in [2.45, 2.75) is 6.92 Å². The number of ether oxygens (including phenoxy) is 2. The van der Waals surface area contributed by atoms with Crippen LogP contribution in [0.1, 0.15) is 26.3 Å². The van der Waals surface area contributed by atoms with Gasteiger partial charge in [-0.1, -0.05) is 36.4 Å². The van der Waals surface area contributed by atoms with Crippen molar-refractivity contribution in [1.82, 2.24) is 0 Å². The zero-order valence-electron chi connectivity index (χ0n) is 13.6. The highest BCUT2D eigenvalue weighted by Crippen LogP contribution is 2.20. The summed E-state index contributed by atoms with van der Waals surface area (Å²) in [4.78, 5) is 24.2. The molecular weight excluding hydrogens is 316 g/mol. The highest BCUT2D eigenvalue weighted by atomic mass is 16.5. The van der Waals surface area contributed by atoms with Gasteiger partial charge >= 0.3 is 11.9 Å². The molecule has 0 aliphatic carbocycles. The predicted octanol–water partition coefficient (Wildman–Crippen LogP) is 4.43. The molecule has 3 rings (SSSR count). The van der Waals surface area contributed by atoms with Crippen molar-refractivity contribution < 1.29 is 19.1 Å². The summed E-state index contributed by atoms with van der Waals surface area (Å²) in [5.41, 5.74) is 1.83. The maximum Gasteiger partial charge on any atom is 0.343 e. The minimum Gasteiger partial charge on any atom is -0.423 e. The van der Waals surface area contributed by atoms with Gasteiger partial charge in [0.15, 0.2) is 0 Å². The standard InChI is InChI=1S/C21H16O4/c1-15-7-5-6-10-19(15)21(23)25-18-13-11-17(12-14-18)24-20(22)16-8-3-2-4-9-16/h2-14H,1H3. The van der Waals surface area contributed by atoms with Gasteiger partial charge in [0.05, 0.1) is 11.1 Å². The van der Waals surface area contributed by atoms with Gasteiger partial charge in [0.1, 0.15) is 11.5 Å². The minimum absolute atomic E-state index is 0.379. The summed E-state index contributed by atoms with van der Waals surface area (Å²) in [6.07, 6.45) is 0. The largest absolute Gasteiger partial charge is 0.423 e. The number of aryl methyl sites for hydroxylation is 1. The van der Waals surface area contributed by atoms with Crippen LogP contribution in [-0.2, 0) is 0 Å². The van der Waals surface area contributed by atoms with Gasteiger partial charge in [-0.05, 0) is 55.0 Å². The topological polar surface area (TPSA) is 52.6 Å². The lowest BCUT2D eigenvalue weighted by Crippen LogP contribution is -2.10.